The molecular weight excluding hydrogens is 344 g/mol. The molecule has 7 heteroatoms. The maximum atomic E-state index is 13.4. The van der Waals surface area contributed by atoms with E-state index in [1.807, 2.05) is 27.7 Å². The van der Waals surface area contributed by atoms with Crippen molar-refractivity contribution in [1.29, 1.82) is 0 Å². The Kier molecular flexibility index (Phi) is 3.27. The van der Waals surface area contributed by atoms with Crippen LogP contribution in [0.2, 0.25) is 0 Å². The number of carbonyl (C=O) groups is 2. The minimum absolute atomic E-state index is 0.116. The number of esters is 2. The van der Waals surface area contributed by atoms with Crippen LogP contribution in [-0.4, -0.2) is 52.1 Å². The van der Waals surface area contributed by atoms with E-state index in [9.17, 15) is 13.8 Å². The SMILES string of the molecule is COC(=O)C1=C(C(=O)OC)[C@@H]2O[C@H]1[C@@H]1[C@H]2[C@]2(C)C(C)=C(C)[C@@]1(C)S2=O. The number of hydrogen-bond acceptors (Lipinski definition) is 6. The van der Waals surface area contributed by atoms with E-state index in [0.29, 0.717) is 0 Å². The van der Waals surface area contributed by atoms with E-state index < -0.39 is 44.4 Å². The van der Waals surface area contributed by atoms with E-state index in [1.54, 1.807) is 0 Å². The molecular formula is C18H22O6S. The first-order chi connectivity index (χ1) is 11.7. The summed E-state index contributed by atoms with van der Waals surface area (Å²) in [6.07, 6.45) is -1.18. The maximum absolute atomic E-state index is 13.4. The molecule has 0 aromatic heterocycles. The topological polar surface area (TPSA) is 78.9 Å². The average Bonchev–Trinajstić information content (AvgIpc) is 3.26. The van der Waals surface area contributed by atoms with Crippen molar-refractivity contribution >= 4 is 22.7 Å². The second-order valence-corrected chi connectivity index (χ2v) is 9.81. The van der Waals surface area contributed by atoms with Crippen LogP contribution < -0.4 is 0 Å². The number of hydrogen-bond donors (Lipinski definition) is 0. The van der Waals surface area contributed by atoms with Gasteiger partial charge in [0, 0.05) is 22.6 Å². The summed E-state index contributed by atoms with van der Waals surface area (Å²) in [4.78, 5) is 24.8. The maximum Gasteiger partial charge on any atom is 0.337 e. The minimum atomic E-state index is -1.15. The lowest BCUT2D eigenvalue weighted by molar-refractivity contribution is -0.140. The number of rotatable bonds is 2. The summed E-state index contributed by atoms with van der Waals surface area (Å²) in [6, 6.07) is 0. The third kappa shape index (κ3) is 1.54. The fourth-order valence-corrected chi connectivity index (χ4v) is 8.43. The van der Waals surface area contributed by atoms with Gasteiger partial charge in [-0.25, -0.2) is 9.59 Å². The van der Waals surface area contributed by atoms with Gasteiger partial charge in [0.2, 0.25) is 0 Å². The fourth-order valence-electron chi connectivity index (χ4n) is 5.65. The molecule has 7 atom stereocenters. The highest BCUT2D eigenvalue weighted by atomic mass is 32.2. The zero-order valence-electron chi connectivity index (χ0n) is 15.2. The van der Waals surface area contributed by atoms with Gasteiger partial charge < -0.3 is 14.2 Å². The zero-order chi connectivity index (χ0) is 18.5. The molecule has 1 unspecified atom stereocenters. The zero-order valence-corrected chi connectivity index (χ0v) is 16.0. The number of methoxy groups -OCH3 is 2. The van der Waals surface area contributed by atoms with Crippen LogP contribution in [0.25, 0.3) is 0 Å². The molecule has 4 aliphatic rings. The van der Waals surface area contributed by atoms with E-state index in [0.717, 1.165) is 11.1 Å². The molecule has 0 aromatic rings. The van der Waals surface area contributed by atoms with Gasteiger partial charge >= 0.3 is 11.9 Å². The van der Waals surface area contributed by atoms with Crippen molar-refractivity contribution < 1.29 is 28.0 Å². The van der Waals surface area contributed by atoms with Gasteiger partial charge in [-0.15, -0.1) is 0 Å². The Morgan fingerprint density at radius 1 is 0.920 bits per heavy atom. The normalized spacial score (nSPS) is 46.7. The van der Waals surface area contributed by atoms with Crippen LogP contribution in [0.15, 0.2) is 22.3 Å². The summed E-state index contributed by atoms with van der Waals surface area (Å²) in [5.41, 5.74) is 2.69. The largest absolute Gasteiger partial charge is 0.466 e. The quantitative estimate of drug-likeness (QED) is 0.541. The molecule has 4 heterocycles. The molecule has 136 valence electrons. The lowest BCUT2D eigenvalue weighted by Crippen LogP contribution is -2.48. The van der Waals surface area contributed by atoms with Crippen molar-refractivity contribution in [3.05, 3.63) is 22.3 Å². The van der Waals surface area contributed by atoms with Gasteiger partial charge in [0.05, 0.1) is 47.1 Å². The number of carbonyl (C=O) groups excluding carboxylic acids is 2. The summed E-state index contributed by atoms with van der Waals surface area (Å²) in [6.45, 7) is 8.02. The van der Waals surface area contributed by atoms with Crippen molar-refractivity contribution in [2.24, 2.45) is 11.8 Å². The van der Waals surface area contributed by atoms with Crippen LogP contribution in [0.1, 0.15) is 27.7 Å². The van der Waals surface area contributed by atoms with Gasteiger partial charge in [0.1, 0.15) is 0 Å². The smallest absolute Gasteiger partial charge is 0.337 e. The summed E-state index contributed by atoms with van der Waals surface area (Å²) in [5, 5.41) is 0. The van der Waals surface area contributed by atoms with Crippen LogP contribution in [-0.2, 0) is 34.6 Å². The van der Waals surface area contributed by atoms with E-state index in [4.69, 9.17) is 14.2 Å². The first-order valence-electron chi connectivity index (χ1n) is 8.33. The third-order valence-corrected chi connectivity index (χ3v) is 9.79. The average molecular weight is 366 g/mol. The third-order valence-electron chi connectivity index (χ3n) is 7.10. The van der Waals surface area contributed by atoms with Crippen LogP contribution in [0.3, 0.4) is 0 Å². The molecule has 0 saturated carbocycles. The van der Waals surface area contributed by atoms with Crippen LogP contribution in [0, 0.1) is 11.8 Å². The van der Waals surface area contributed by atoms with E-state index in [1.165, 1.54) is 14.2 Å². The second-order valence-electron chi connectivity index (χ2n) is 7.57. The molecule has 6 nitrogen and oxygen atoms in total. The molecule has 2 fully saturated rings. The van der Waals surface area contributed by atoms with E-state index in [2.05, 4.69) is 0 Å². The molecule has 0 aromatic carbocycles. The Morgan fingerprint density at radius 3 is 1.60 bits per heavy atom. The van der Waals surface area contributed by atoms with Crippen molar-refractivity contribution in [1.82, 2.24) is 0 Å². The van der Waals surface area contributed by atoms with E-state index >= 15 is 0 Å². The van der Waals surface area contributed by atoms with Gasteiger partial charge in [-0.05, 0) is 27.7 Å². The van der Waals surface area contributed by atoms with Crippen molar-refractivity contribution in [2.45, 2.75) is 49.4 Å². The van der Waals surface area contributed by atoms with Gasteiger partial charge in [0.25, 0.3) is 0 Å². The highest BCUT2D eigenvalue weighted by Crippen LogP contribution is 2.70. The van der Waals surface area contributed by atoms with Gasteiger partial charge in [-0.3, -0.25) is 4.21 Å². The Labute approximate surface area is 149 Å². The lowest BCUT2D eigenvalue weighted by atomic mass is 9.59. The summed E-state index contributed by atoms with van der Waals surface area (Å²) in [7, 11) is 1.42. The molecule has 4 aliphatic heterocycles. The highest BCUT2D eigenvalue weighted by Gasteiger charge is 2.78. The molecule has 0 radical (unpaired) electrons. The monoisotopic (exact) mass is 366 g/mol. The van der Waals surface area contributed by atoms with Crippen molar-refractivity contribution in [3.8, 4) is 0 Å². The molecule has 2 saturated heterocycles. The molecule has 4 rings (SSSR count). The molecule has 0 spiro atoms. The molecule has 4 bridgehead atoms. The first-order valence-corrected chi connectivity index (χ1v) is 9.48. The van der Waals surface area contributed by atoms with Gasteiger partial charge in [-0.2, -0.15) is 0 Å². The Hall–Kier alpha value is -1.47. The Bertz CT molecular complexity index is 748. The fraction of sp³-hybridized carbons (Fsp3) is 0.667. The molecule has 0 aliphatic carbocycles. The predicted molar refractivity (Wildman–Crippen MR) is 90.0 cm³/mol. The number of fused-ring (bicyclic) bond motifs is 9. The predicted octanol–water partition coefficient (Wildman–Crippen LogP) is 1.27. The van der Waals surface area contributed by atoms with Gasteiger partial charge in [0.15, 0.2) is 0 Å². The molecule has 0 N–H and O–H groups in total. The molecule has 0 amide bonds. The Morgan fingerprint density at radius 2 is 1.28 bits per heavy atom. The second kappa shape index (κ2) is 4.82. The number of ether oxygens (including phenoxy) is 3. The lowest BCUT2D eigenvalue weighted by Gasteiger charge is -2.40. The van der Waals surface area contributed by atoms with Gasteiger partial charge in [-0.1, -0.05) is 11.1 Å². The summed E-state index contributed by atoms with van der Waals surface area (Å²) < 4.78 is 28.2. The van der Waals surface area contributed by atoms with Crippen molar-refractivity contribution in [3.63, 3.8) is 0 Å². The minimum Gasteiger partial charge on any atom is -0.466 e. The van der Waals surface area contributed by atoms with Crippen LogP contribution in [0.4, 0.5) is 0 Å². The van der Waals surface area contributed by atoms with Crippen LogP contribution >= 0.6 is 0 Å². The standard InChI is InChI=1S/C18H22O6S/c1-7-8(2)18(4)12-11(17(7,3)25(18)21)13-9(15(19)22-5)10(14(12)24-13)16(20)23-6/h11-14H,1-6H3/t11-,12+,13+,14-,17+,18-,25?. The Balaban J connectivity index is 1.94. The van der Waals surface area contributed by atoms with E-state index in [-0.39, 0.29) is 23.0 Å². The van der Waals surface area contributed by atoms with Crippen LogP contribution in [0.5, 0.6) is 0 Å². The molecule has 25 heavy (non-hydrogen) atoms. The highest BCUT2D eigenvalue weighted by molar-refractivity contribution is 7.89. The first kappa shape index (κ1) is 17.0. The summed E-state index contributed by atoms with van der Waals surface area (Å²) >= 11 is 0. The van der Waals surface area contributed by atoms with Crippen molar-refractivity contribution in [2.75, 3.05) is 14.2 Å². The summed E-state index contributed by atoms with van der Waals surface area (Å²) in [5.74, 6) is -1.39.